The molecule has 0 unspecified atom stereocenters. The number of benzene rings is 3. The Balaban J connectivity index is 1.90. The Kier molecular flexibility index (Phi) is 5.66. The van der Waals surface area contributed by atoms with Gasteiger partial charge < -0.3 is 5.32 Å². The smallest absolute Gasteiger partial charge is 0.282 e. The summed E-state index contributed by atoms with van der Waals surface area (Å²) in [6.07, 6.45) is 0. The average Bonchev–Trinajstić information content (AvgIpc) is 2.96. The number of anilines is 2. The van der Waals surface area contributed by atoms with E-state index in [1.54, 1.807) is 6.07 Å². The van der Waals surface area contributed by atoms with Crippen LogP contribution in [0.3, 0.4) is 0 Å². The van der Waals surface area contributed by atoms with Gasteiger partial charge in [-0.25, -0.2) is 4.90 Å². The summed E-state index contributed by atoms with van der Waals surface area (Å²) in [5.74, 6) is -0.715. The number of imide groups is 1. The second-order valence-electron chi connectivity index (χ2n) is 8.34. The molecule has 3 aromatic carbocycles. The number of nitrogens with zero attached hydrogens (tertiary/aromatic N) is 1. The monoisotopic (exact) mass is 444 g/mol. The van der Waals surface area contributed by atoms with Crippen molar-refractivity contribution in [2.45, 2.75) is 34.6 Å². The van der Waals surface area contributed by atoms with Crippen molar-refractivity contribution >= 4 is 40.4 Å². The van der Waals surface area contributed by atoms with Gasteiger partial charge in [-0.05, 0) is 75.1 Å². The predicted octanol–water partition coefficient (Wildman–Crippen LogP) is 6.28. The third-order valence-electron chi connectivity index (χ3n) is 5.86. The second kappa shape index (κ2) is 8.29. The van der Waals surface area contributed by atoms with E-state index in [1.807, 2.05) is 83.1 Å². The second-order valence-corrected chi connectivity index (χ2v) is 8.75. The lowest BCUT2D eigenvalue weighted by Gasteiger charge is -2.18. The minimum Gasteiger partial charge on any atom is -0.350 e. The van der Waals surface area contributed by atoms with Crippen molar-refractivity contribution < 1.29 is 9.59 Å². The van der Waals surface area contributed by atoms with E-state index in [1.165, 1.54) is 4.90 Å². The molecule has 1 N–H and O–H groups in total. The van der Waals surface area contributed by atoms with Gasteiger partial charge in [-0.1, -0.05) is 59.1 Å². The Hall–Kier alpha value is -3.37. The molecule has 0 aliphatic carbocycles. The van der Waals surface area contributed by atoms with Gasteiger partial charge in [0, 0.05) is 10.7 Å². The van der Waals surface area contributed by atoms with Gasteiger partial charge in [-0.2, -0.15) is 0 Å². The maximum absolute atomic E-state index is 13.7. The highest BCUT2D eigenvalue weighted by atomic mass is 35.5. The number of halogens is 1. The summed E-state index contributed by atoms with van der Waals surface area (Å²) < 4.78 is 0. The molecule has 1 aliphatic rings. The molecule has 0 spiro atoms. The molecule has 32 heavy (non-hydrogen) atoms. The average molecular weight is 445 g/mol. The first-order valence-electron chi connectivity index (χ1n) is 10.5. The molecule has 1 heterocycles. The molecule has 0 aromatic heterocycles. The fourth-order valence-electron chi connectivity index (χ4n) is 4.14. The largest absolute Gasteiger partial charge is 0.350 e. The van der Waals surface area contributed by atoms with Crippen LogP contribution in [0, 0.1) is 34.6 Å². The van der Waals surface area contributed by atoms with Crippen molar-refractivity contribution in [2.75, 3.05) is 10.2 Å². The van der Waals surface area contributed by atoms with Crippen LogP contribution in [-0.2, 0) is 9.59 Å². The van der Waals surface area contributed by atoms with Gasteiger partial charge in [-0.15, -0.1) is 0 Å². The molecule has 4 rings (SSSR count). The van der Waals surface area contributed by atoms with Gasteiger partial charge in [0.05, 0.1) is 11.3 Å². The number of nitrogens with one attached hydrogen (secondary N) is 1. The topological polar surface area (TPSA) is 49.4 Å². The number of hydrogen-bond donors (Lipinski definition) is 1. The summed E-state index contributed by atoms with van der Waals surface area (Å²) in [5, 5.41) is 3.82. The molecular formula is C27H25ClN2O2. The van der Waals surface area contributed by atoms with Gasteiger partial charge in [0.1, 0.15) is 5.70 Å². The van der Waals surface area contributed by atoms with Crippen molar-refractivity contribution in [1.82, 2.24) is 0 Å². The highest BCUT2D eigenvalue weighted by Crippen LogP contribution is 2.37. The van der Waals surface area contributed by atoms with Crippen LogP contribution in [0.5, 0.6) is 0 Å². The highest BCUT2D eigenvalue weighted by Gasteiger charge is 2.41. The first-order chi connectivity index (χ1) is 15.2. The van der Waals surface area contributed by atoms with Crippen LogP contribution in [0.2, 0.25) is 5.02 Å². The van der Waals surface area contributed by atoms with Crippen LogP contribution < -0.4 is 10.2 Å². The molecular weight excluding hydrogens is 420 g/mol. The van der Waals surface area contributed by atoms with E-state index in [4.69, 9.17) is 11.6 Å². The zero-order valence-corrected chi connectivity index (χ0v) is 19.6. The van der Waals surface area contributed by atoms with Crippen LogP contribution in [0.1, 0.15) is 33.4 Å². The third-order valence-corrected chi connectivity index (χ3v) is 6.27. The van der Waals surface area contributed by atoms with E-state index in [0.717, 1.165) is 33.4 Å². The third kappa shape index (κ3) is 3.71. The summed E-state index contributed by atoms with van der Waals surface area (Å²) in [7, 11) is 0. The van der Waals surface area contributed by atoms with Gasteiger partial charge in [0.15, 0.2) is 0 Å². The molecule has 0 saturated heterocycles. The lowest BCUT2D eigenvalue weighted by atomic mass is 9.97. The van der Waals surface area contributed by atoms with E-state index in [-0.39, 0.29) is 17.5 Å². The van der Waals surface area contributed by atoms with E-state index in [2.05, 4.69) is 5.32 Å². The number of hydrogen-bond acceptors (Lipinski definition) is 3. The fraction of sp³-hybridized carbons (Fsp3) is 0.185. The van der Waals surface area contributed by atoms with Crippen molar-refractivity contribution in [3.8, 4) is 0 Å². The Morgan fingerprint density at radius 1 is 0.781 bits per heavy atom. The fourth-order valence-corrected chi connectivity index (χ4v) is 4.32. The number of amides is 2. The minimum absolute atomic E-state index is 0.257. The number of rotatable bonds is 4. The highest BCUT2D eigenvalue weighted by molar-refractivity contribution is 6.46. The number of carbonyl (C=O) groups is 2. The van der Waals surface area contributed by atoms with Crippen molar-refractivity contribution in [3.63, 3.8) is 0 Å². The maximum atomic E-state index is 13.7. The summed E-state index contributed by atoms with van der Waals surface area (Å²) in [6.45, 7) is 9.73. The zero-order valence-electron chi connectivity index (χ0n) is 18.8. The lowest BCUT2D eigenvalue weighted by Crippen LogP contribution is -2.33. The van der Waals surface area contributed by atoms with Crippen LogP contribution in [0.25, 0.3) is 5.57 Å². The van der Waals surface area contributed by atoms with Gasteiger partial charge in [0.25, 0.3) is 11.8 Å². The zero-order chi connectivity index (χ0) is 23.2. The first kappa shape index (κ1) is 21.8. The van der Waals surface area contributed by atoms with E-state index in [9.17, 15) is 9.59 Å². The van der Waals surface area contributed by atoms with Gasteiger partial charge >= 0.3 is 0 Å². The van der Waals surface area contributed by atoms with Crippen molar-refractivity contribution in [1.29, 1.82) is 0 Å². The molecule has 5 heteroatoms. The van der Waals surface area contributed by atoms with Gasteiger partial charge in [-0.3, -0.25) is 9.59 Å². The van der Waals surface area contributed by atoms with E-state index >= 15 is 0 Å². The summed E-state index contributed by atoms with van der Waals surface area (Å²) in [4.78, 5) is 28.7. The molecule has 0 saturated carbocycles. The normalized spacial score (nSPS) is 13.9. The molecule has 162 valence electrons. The molecule has 3 aromatic rings. The Morgan fingerprint density at radius 2 is 1.44 bits per heavy atom. The van der Waals surface area contributed by atoms with Crippen LogP contribution >= 0.6 is 11.6 Å². The summed E-state index contributed by atoms with van der Waals surface area (Å²) in [5.41, 5.74) is 7.42. The SMILES string of the molecule is Cc1ccc(C2=C(Nc3cccc(Cl)c3C)C(=O)N(c3ccc(C)cc3C)C2=O)c(C)c1. The van der Waals surface area contributed by atoms with Crippen molar-refractivity contribution in [2.24, 2.45) is 0 Å². The molecule has 1 aliphatic heterocycles. The molecule has 2 amide bonds. The Bertz CT molecular complexity index is 1310. The molecule has 0 radical (unpaired) electrons. The molecule has 0 fully saturated rings. The quantitative estimate of drug-likeness (QED) is 0.482. The van der Waals surface area contributed by atoms with Gasteiger partial charge in [0.2, 0.25) is 0 Å². The molecule has 0 atom stereocenters. The summed E-state index contributed by atoms with van der Waals surface area (Å²) in [6, 6.07) is 17.0. The summed E-state index contributed by atoms with van der Waals surface area (Å²) >= 11 is 6.30. The Labute approximate surface area is 193 Å². The van der Waals surface area contributed by atoms with E-state index < -0.39 is 0 Å². The van der Waals surface area contributed by atoms with Crippen LogP contribution in [-0.4, -0.2) is 11.8 Å². The van der Waals surface area contributed by atoms with Crippen LogP contribution in [0.4, 0.5) is 11.4 Å². The lowest BCUT2D eigenvalue weighted by molar-refractivity contribution is -0.120. The molecule has 4 nitrogen and oxygen atoms in total. The van der Waals surface area contributed by atoms with Crippen molar-refractivity contribution in [3.05, 3.63) is 98.7 Å². The number of carbonyl (C=O) groups excluding carboxylic acids is 2. The Morgan fingerprint density at radius 3 is 2.09 bits per heavy atom. The first-order valence-corrected chi connectivity index (χ1v) is 10.9. The standard InChI is InChI=1S/C27H25ClN2O2/c1-15-9-11-20(17(3)13-15)24-25(29-22-8-6-7-21(28)19(22)5)27(32)30(26(24)31)23-12-10-16(2)14-18(23)4/h6-14,29H,1-5H3. The van der Waals surface area contributed by atoms with Crippen LogP contribution in [0.15, 0.2) is 60.3 Å². The minimum atomic E-state index is -0.378. The number of aryl methyl sites for hydroxylation is 4. The predicted molar refractivity (Wildman–Crippen MR) is 131 cm³/mol. The van der Waals surface area contributed by atoms with E-state index in [0.29, 0.717) is 22.0 Å². The maximum Gasteiger partial charge on any atom is 0.282 e. The molecule has 0 bridgehead atoms.